The van der Waals surface area contributed by atoms with Gasteiger partial charge in [-0.2, -0.15) is 4.98 Å². The summed E-state index contributed by atoms with van der Waals surface area (Å²) in [5, 5.41) is 12.1. The molecule has 0 unspecified atom stereocenters. The Labute approximate surface area is 195 Å². The van der Waals surface area contributed by atoms with Gasteiger partial charge >= 0.3 is 5.69 Å². The minimum Gasteiger partial charge on any atom is -0.497 e. The van der Waals surface area contributed by atoms with Crippen molar-refractivity contribution < 1.29 is 14.4 Å². The number of rotatable bonds is 10. The van der Waals surface area contributed by atoms with Crippen molar-refractivity contribution in [2.75, 3.05) is 24.9 Å². The van der Waals surface area contributed by atoms with Gasteiger partial charge in [0.1, 0.15) is 11.5 Å². The van der Waals surface area contributed by atoms with E-state index in [1.807, 2.05) is 60.4 Å². The number of halogens is 1. The molecular formula is C22H23ClN4O4S. The summed E-state index contributed by atoms with van der Waals surface area (Å²) in [5.41, 5.74) is 1.57. The number of aromatic nitrogens is 2. The van der Waals surface area contributed by atoms with Gasteiger partial charge in [0.25, 0.3) is 0 Å². The van der Waals surface area contributed by atoms with Crippen LogP contribution < -0.4 is 14.4 Å². The summed E-state index contributed by atoms with van der Waals surface area (Å²) < 4.78 is 10.5. The average molecular weight is 475 g/mol. The largest absolute Gasteiger partial charge is 0.497 e. The van der Waals surface area contributed by atoms with Gasteiger partial charge in [0.15, 0.2) is 5.16 Å². The number of methoxy groups -OCH3 is 2. The maximum absolute atomic E-state index is 11.9. The van der Waals surface area contributed by atoms with E-state index in [1.54, 1.807) is 14.2 Å². The van der Waals surface area contributed by atoms with Crippen LogP contribution in [0.3, 0.4) is 0 Å². The number of hydrogen-bond acceptors (Lipinski definition) is 8. The van der Waals surface area contributed by atoms with Crippen LogP contribution in [0.4, 0.5) is 11.5 Å². The molecule has 0 fully saturated rings. The summed E-state index contributed by atoms with van der Waals surface area (Å²) >= 11 is 7.60. The summed E-state index contributed by atoms with van der Waals surface area (Å²) in [6.07, 6.45) is 0. The molecule has 1 aromatic heterocycles. The van der Waals surface area contributed by atoms with Gasteiger partial charge in [0, 0.05) is 13.1 Å². The SMILES string of the molecule is CCSc1nc(Cl)c([N+](=O)[O-])c(N(Cc2ccc(OC)cc2)Cc2ccc(OC)cc2)n1. The molecule has 10 heteroatoms. The average Bonchev–Trinajstić information content (AvgIpc) is 2.79. The monoisotopic (exact) mass is 474 g/mol. The normalized spacial score (nSPS) is 10.6. The molecule has 0 aliphatic carbocycles. The molecule has 0 atom stereocenters. The van der Waals surface area contributed by atoms with Crippen LogP contribution in [0.2, 0.25) is 5.15 Å². The zero-order valence-electron chi connectivity index (χ0n) is 17.9. The second-order valence-electron chi connectivity index (χ2n) is 6.71. The highest BCUT2D eigenvalue weighted by Crippen LogP contribution is 2.36. The molecule has 8 nitrogen and oxygen atoms in total. The van der Waals surface area contributed by atoms with Crippen LogP contribution in [-0.4, -0.2) is 34.9 Å². The predicted octanol–water partition coefficient (Wildman–Crippen LogP) is 5.37. The molecule has 0 saturated heterocycles. The molecule has 0 N–H and O–H groups in total. The highest BCUT2D eigenvalue weighted by molar-refractivity contribution is 7.99. The fourth-order valence-corrected chi connectivity index (χ4v) is 3.93. The molecule has 0 aliphatic heterocycles. The van der Waals surface area contributed by atoms with Gasteiger partial charge < -0.3 is 14.4 Å². The topological polar surface area (TPSA) is 90.6 Å². The Morgan fingerprint density at radius 3 is 1.88 bits per heavy atom. The molecule has 1 heterocycles. The first kappa shape index (κ1) is 23.6. The maximum atomic E-state index is 11.9. The zero-order valence-corrected chi connectivity index (χ0v) is 19.5. The minimum absolute atomic E-state index is 0.176. The van der Waals surface area contributed by atoms with Gasteiger partial charge in [-0.1, -0.05) is 54.6 Å². The fourth-order valence-electron chi connectivity index (χ4n) is 3.08. The number of nitro groups is 1. The molecule has 2 aromatic carbocycles. The molecule has 0 amide bonds. The van der Waals surface area contributed by atoms with Crippen molar-refractivity contribution in [2.24, 2.45) is 0 Å². The van der Waals surface area contributed by atoms with Gasteiger partial charge in [-0.15, -0.1) is 0 Å². The van der Waals surface area contributed by atoms with E-state index in [0.29, 0.717) is 24.0 Å². The zero-order chi connectivity index (χ0) is 23.1. The van der Waals surface area contributed by atoms with Crippen LogP contribution in [0.5, 0.6) is 11.5 Å². The number of anilines is 1. The molecule has 3 rings (SSSR count). The van der Waals surface area contributed by atoms with E-state index < -0.39 is 4.92 Å². The quantitative estimate of drug-likeness (QED) is 0.127. The van der Waals surface area contributed by atoms with Gasteiger partial charge in [-0.05, 0) is 41.1 Å². The van der Waals surface area contributed by atoms with E-state index in [1.165, 1.54) is 11.8 Å². The summed E-state index contributed by atoms with van der Waals surface area (Å²) in [7, 11) is 3.20. The molecule has 0 aliphatic rings. The van der Waals surface area contributed by atoms with E-state index in [0.717, 1.165) is 22.6 Å². The Balaban J connectivity index is 2.06. The number of hydrogen-bond donors (Lipinski definition) is 0. The van der Waals surface area contributed by atoms with Crippen molar-refractivity contribution in [1.29, 1.82) is 0 Å². The van der Waals surface area contributed by atoms with Crippen LogP contribution in [0.1, 0.15) is 18.1 Å². The van der Waals surface area contributed by atoms with E-state index in [2.05, 4.69) is 9.97 Å². The van der Waals surface area contributed by atoms with E-state index in [9.17, 15) is 10.1 Å². The van der Waals surface area contributed by atoms with Crippen molar-refractivity contribution in [1.82, 2.24) is 9.97 Å². The second-order valence-corrected chi connectivity index (χ2v) is 8.30. The lowest BCUT2D eigenvalue weighted by molar-refractivity contribution is -0.384. The highest BCUT2D eigenvalue weighted by atomic mass is 35.5. The summed E-state index contributed by atoms with van der Waals surface area (Å²) in [5.74, 6) is 2.35. The Morgan fingerprint density at radius 2 is 1.47 bits per heavy atom. The molecule has 32 heavy (non-hydrogen) atoms. The van der Waals surface area contributed by atoms with Gasteiger partial charge in [-0.25, -0.2) is 4.98 Å². The maximum Gasteiger partial charge on any atom is 0.348 e. The van der Waals surface area contributed by atoms with E-state index in [-0.39, 0.29) is 16.7 Å². The number of nitrogens with zero attached hydrogens (tertiary/aromatic N) is 4. The van der Waals surface area contributed by atoms with E-state index in [4.69, 9.17) is 21.1 Å². The standard InChI is InChI=1S/C22H23ClN4O4S/c1-4-32-22-24-20(23)19(27(28)29)21(25-22)26(13-15-5-9-17(30-2)10-6-15)14-16-7-11-18(31-3)12-8-16/h5-12H,4,13-14H2,1-3H3. The van der Waals surface area contributed by atoms with Crippen LogP contribution in [0, 0.1) is 10.1 Å². The highest BCUT2D eigenvalue weighted by Gasteiger charge is 2.28. The molecule has 0 bridgehead atoms. The molecular weight excluding hydrogens is 452 g/mol. The van der Waals surface area contributed by atoms with Crippen LogP contribution in [0.15, 0.2) is 53.7 Å². The molecule has 0 radical (unpaired) electrons. The van der Waals surface area contributed by atoms with Gasteiger partial charge in [0.05, 0.1) is 19.1 Å². The van der Waals surface area contributed by atoms with Crippen LogP contribution >= 0.6 is 23.4 Å². The molecule has 168 valence electrons. The molecule has 3 aromatic rings. The Morgan fingerprint density at radius 1 is 0.969 bits per heavy atom. The van der Waals surface area contributed by atoms with Crippen LogP contribution in [-0.2, 0) is 13.1 Å². The van der Waals surface area contributed by atoms with Crippen LogP contribution in [0.25, 0.3) is 0 Å². The summed E-state index contributed by atoms with van der Waals surface area (Å²) in [4.78, 5) is 21.8. The first-order valence-electron chi connectivity index (χ1n) is 9.80. The minimum atomic E-state index is -0.535. The van der Waals surface area contributed by atoms with Crippen molar-refractivity contribution in [2.45, 2.75) is 25.2 Å². The number of thioether (sulfide) groups is 1. The second kappa shape index (κ2) is 11.0. The van der Waals surface area contributed by atoms with Crippen molar-refractivity contribution in [3.05, 3.63) is 74.9 Å². The smallest absolute Gasteiger partial charge is 0.348 e. The third kappa shape index (κ3) is 5.80. The Bertz CT molecular complexity index is 1020. The third-order valence-corrected chi connectivity index (χ3v) is 5.62. The van der Waals surface area contributed by atoms with Crippen molar-refractivity contribution in [3.63, 3.8) is 0 Å². The van der Waals surface area contributed by atoms with Crippen molar-refractivity contribution in [3.8, 4) is 11.5 Å². The fraction of sp³-hybridized carbons (Fsp3) is 0.273. The predicted molar refractivity (Wildman–Crippen MR) is 126 cm³/mol. The summed E-state index contributed by atoms with van der Waals surface area (Å²) in [6.45, 7) is 2.70. The number of benzene rings is 2. The third-order valence-electron chi connectivity index (χ3n) is 4.62. The van der Waals surface area contributed by atoms with Gasteiger partial charge in [0.2, 0.25) is 11.0 Å². The molecule has 0 spiro atoms. The van der Waals surface area contributed by atoms with Crippen molar-refractivity contribution >= 4 is 34.9 Å². The summed E-state index contributed by atoms with van der Waals surface area (Å²) in [6, 6.07) is 15.0. The lowest BCUT2D eigenvalue weighted by Crippen LogP contribution is -2.25. The lowest BCUT2D eigenvalue weighted by Gasteiger charge is -2.24. The number of ether oxygens (including phenoxy) is 2. The Hall–Kier alpha value is -3.04. The first-order valence-corrected chi connectivity index (χ1v) is 11.2. The Kier molecular flexibility index (Phi) is 8.13. The first-order chi connectivity index (χ1) is 15.4. The van der Waals surface area contributed by atoms with E-state index >= 15 is 0 Å². The van der Waals surface area contributed by atoms with Gasteiger partial charge in [-0.3, -0.25) is 10.1 Å². The lowest BCUT2D eigenvalue weighted by atomic mass is 10.1. The molecule has 0 saturated carbocycles.